The number of nitrogens with one attached hydrogen (secondary N) is 1. The van der Waals surface area contributed by atoms with Crippen molar-refractivity contribution >= 4 is 40.9 Å². The van der Waals surface area contributed by atoms with E-state index in [4.69, 9.17) is 16.3 Å². The molecule has 5 nitrogen and oxygen atoms in total. The minimum absolute atomic E-state index is 0.107. The van der Waals surface area contributed by atoms with Gasteiger partial charge in [0.15, 0.2) is 0 Å². The standard InChI is InChI=1S/C30H25ClN2O3S/c1-2-36-23-14-11-20(12-15-23)19-33-26-17-21(29(34)32-18-22-7-3-5-9-25(22)31)13-16-28(26)37-27-10-6-4-8-24(27)30(33)35/h3-17H,2,18-19H2,1H3,(H,32,34). The first-order valence-corrected chi connectivity index (χ1v) is 13.2. The lowest BCUT2D eigenvalue weighted by atomic mass is 10.1. The number of anilines is 1. The van der Waals surface area contributed by atoms with Crippen molar-refractivity contribution in [1.29, 1.82) is 0 Å². The maximum absolute atomic E-state index is 13.8. The zero-order chi connectivity index (χ0) is 25.8. The highest BCUT2D eigenvalue weighted by atomic mass is 35.5. The Kier molecular flexibility index (Phi) is 7.49. The van der Waals surface area contributed by atoms with Gasteiger partial charge in [0.1, 0.15) is 5.75 Å². The summed E-state index contributed by atoms with van der Waals surface area (Å²) >= 11 is 7.78. The molecule has 1 aliphatic heterocycles. The number of carbonyl (C=O) groups excluding carboxylic acids is 2. The van der Waals surface area contributed by atoms with Gasteiger partial charge in [0.25, 0.3) is 11.8 Å². The van der Waals surface area contributed by atoms with Gasteiger partial charge >= 0.3 is 0 Å². The second-order valence-electron chi connectivity index (χ2n) is 8.52. The summed E-state index contributed by atoms with van der Waals surface area (Å²) in [7, 11) is 0. The average Bonchev–Trinajstić information content (AvgIpc) is 3.03. The summed E-state index contributed by atoms with van der Waals surface area (Å²) in [5.41, 5.74) is 3.61. The quantitative estimate of drug-likeness (QED) is 0.281. The van der Waals surface area contributed by atoms with Crippen LogP contribution in [0, 0.1) is 0 Å². The Bertz CT molecular complexity index is 1460. The maximum atomic E-state index is 13.8. The Morgan fingerprint density at radius 3 is 2.49 bits per heavy atom. The number of halogens is 1. The molecule has 7 heteroatoms. The van der Waals surface area contributed by atoms with Crippen LogP contribution in [-0.4, -0.2) is 18.4 Å². The van der Waals surface area contributed by atoms with Gasteiger partial charge in [0.2, 0.25) is 0 Å². The first-order chi connectivity index (χ1) is 18.0. The van der Waals surface area contributed by atoms with Crippen LogP contribution in [0.25, 0.3) is 0 Å². The molecule has 0 unspecified atom stereocenters. The van der Waals surface area contributed by atoms with Crippen molar-refractivity contribution in [1.82, 2.24) is 5.32 Å². The van der Waals surface area contributed by atoms with E-state index in [2.05, 4.69) is 5.32 Å². The lowest BCUT2D eigenvalue weighted by molar-refractivity contribution is 0.0947. The van der Waals surface area contributed by atoms with Gasteiger partial charge in [-0.1, -0.05) is 65.8 Å². The van der Waals surface area contributed by atoms with E-state index >= 15 is 0 Å². The Hall–Kier alpha value is -3.74. The molecule has 1 aliphatic rings. The largest absolute Gasteiger partial charge is 0.494 e. The van der Waals surface area contributed by atoms with Gasteiger partial charge in [-0.25, -0.2) is 0 Å². The summed E-state index contributed by atoms with van der Waals surface area (Å²) in [4.78, 5) is 30.4. The predicted molar refractivity (Wildman–Crippen MR) is 148 cm³/mol. The van der Waals surface area contributed by atoms with Crippen molar-refractivity contribution in [3.05, 3.63) is 118 Å². The van der Waals surface area contributed by atoms with Crippen molar-refractivity contribution in [2.24, 2.45) is 0 Å². The number of fused-ring (bicyclic) bond motifs is 2. The number of nitrogens with zero attached hydrogens (tertiary/aromatic N) is 1. The Morgan fingerprint density at radius 1 is 0.946 bits per heavy atom. The fraction of sp³-hybridized carbons (Fsp3) is 0.133. The van der Waals surface area contributed by atoms with Gasteiger partial charge in [-0.3, -0.25) is 9.59 Å². The van der Waals surface area contributed by atoms with Crippen LogP contribution in [0.2, 0.25) is 5.02 Å². The van der Waals surface area contributed by atoms with E-state index in [0.717, 1.165) is 26.7 Å². The van der Waals surface area contributed by atoms with Crippen molar-refractivity contribution in [2.75, 3.05) is 11.5 Å². The summed E-state index contributed by atoms with van der Waals surface area (Å²) in [6.07, 6.45) is 0. The van der Waals surface area contributed by atoms with Crippen LogP contribution in [0.15, 0.2) is 101 Å². The molecule has 0 saturated carbocycles. The summed E-state index contributed by atoms with van der Waals surface area (Å²) in [6, 6.07) is 28.2. The van der Waals surface area contributed by atoms with Gasteiger partial charge in [0, 0.05) is 26.9 Å². The number of carbonyl (C=O) groups is 2. The fourth-order valence-electron chi connectivity index (χ4n) is 4.18. The molecule has 1 N–H and O–H groups in total. The lowest BCUT2D eigenvalue weighted by Crippen LogP contribution is -2.31. The number of benzene rings is 4. The third-order valence-electron chi connectivity index (χ3n) is 6.07. The second kappa shape index (κ2) is 11.1. The minimum Gasteiger partial charge on any atom is -0.494 e. The van der Waals surface area contributed by atoms with Crippen LogP contribution in [0.1, 0.15) is 38.8 Å². The molecule has 0 fully saturated rings. The van der Waals surface area contributed by atoms with Crippen LogP contribution in [-0.2, 0) is 13.1 Å². The van der Waals surface area contributed by atoms with Crippen molar-refractivity contribution < 1.29 is 14.3 Å². The van der Waals surface area contributed by atoms with Gasteiger partial charge in [0.05, 0.1) is 24.4 Å². The summed E-state index contributed by atoms with van der Waals surface area (Å²) in [5.74, 6) is 0.444. The molecule has 37 heavy (non-hydrogen) atoms. The molecule has 0 bridgehead atoms. The van der Waals surface area contributed by atoms with Crippen LogP contribution < -0.4 is 15.0 Å². The van der Waals surface area contributed by atoms with Crippen LogP contribution >= 0.6 is 23.4 Å². The molecule has 1 heterocycles. The molecule has 186 valence electrons. The Labute approximate surface area is 225 Å². The van der Waals surface area contributed by atoms with E-state index in [1.807, 2.05) is 79.7 Å². The maximum Gasteiger partial charge on any atom is 0.259 e. The number of hydrogen-bond donors (Lipinski definition) is 1. The second-order valence-corrected chi connectivity index (χ2v) is 10.0. The van der Waals surface area contributed by atoms with E-state index in [-0.39, 0.29) is 11.8 Å². The number of hydrogen-bond acceptors (Lipinski definition) is 4. The highest BCUT2D eigenvalue weighted by Gasteiger charge is 2.28. The van der Waals surface area contributed by atoms with Crippen LogP contribution in [0.5, 0.6) is 5.75 Å². The molecule has 4 aromatic rings. The van der Waals surface area contributed by atoms with E-state index in [0.29, 0.717) is 41.5 Å². The third-order valence-corrected chi connectivity index (χ3v) is 7.58. The third kappa shape index (κ3) is 5.50. The van der Waals surface area contributed by atoms with Gasteiger partial charge in [-0.15, -0.1) is 0 Å². The minimum atomic E-state index is -0.233. The zero-order valence-electron chi connectivity index (χ0n) is 20.2. The van der Waals surface area contributed by atoms with Gasteiger partial charge < -0.3 is 15.0 Å². The molecule has 0 spiro atoms. The topological polar surface area (TPSA) is 58.6 Å². The van der Waals surface area contributed by atoms with E-state index in [1.165, 1.54) is 11.8 Å². The molecule has 0 saturated heterocycles. The van der Waals surface area contributed by atoms with Gasteiger partial charge in [-0.05, 0) is 66.6 Å². The summed E-state index contributed by atoms with van der Waals surface area (Å²) in [6.45, 7) is 3.20. The molecule has 2 amide bonds. The Balaban J connectivity index is 1.47. The monoisotopic (exact) mass is 528 g/mol. The highest BCUT2D eigenvalue weighted by Crippen LogP contribution is 2.42. The summed E-state index contributed by atoms with van der Waals surface area (Å²) < 4.78 is 5.56. The average molecular weight is 529 g/mol. The highest BCUT2D eigenvalue weighted by molar-refractivity contribution is 7.99. The van der Waals surface area contributed by atoms with Crippen molar-refractivity contribution in [3.63, 3.8) is 0 Å². The van der Waals surface area contributed by atoms with Crippen LogP contribution in [0.4, 0.5) is 5.69 Å². The number of amides is 2. The fourth-order valence-corrected chi connectivity index (χ4v) is 5.44. The summed E-state index contributed by atoms with van der Waals surface area (Å²) in [5, 5.41) is 3.54. The van der Waals surface area contributed by atoms with E-state index in [9.17, 15) is 9.59 Å². The van der Waals surface area contributed by atoms with Gasteiger partial charge in [-0.2, -0.15) is 0 Å². The van der Waals surface area contributed by atoms with Crippen molar-refractivity contribution in [2.45, 2.75) is 29.8 Å². The molecular formula is C30H25ClN2O3S. The molecule has 0 radical (unpaired) electrons. The van der Waals surface area contributed by atoms with Crippen LogP contribution in [0.3, 0.4) is 0 Å². The Morgan fingerprint density at radius 2 is 1.70 bits per heavy atom. The van der Waals surface area contributed by atoms with Crippen molar-refractivity contribution in [3.8, 4) is 5.75 Å². The molecule has 4 aromatic carbocycles. The smallest absolute Gasteiger partial charge is 0.259 e. The van der Waals surface area contributed by atoms with E-state index in [1.54, 1.807) is 23.1 Å². The molecular weight excluding hydrogens is 504 g/mol. The first-order valence-electron chi connectivity index (χ1n) is 12.0. The predicted octanol–water partition coefficient (Wildman–Crippen LogP) is 6.98. The molecule has 0 aromatic heterocycles. The zero-order valence-corrected chi connectivity index (χ0v) is 21.8. The SMILES string of the molecule is CCOc1ccc(CN2C(=O)c3ccccc3Sc3ccc(C(=O)NCc4ccccc4Cl)cc32)cc1. The number of ether oxygens (including phenoxy) is 1. The lowest BCUT2D eigenvalue weighted by Gasteiger charge is -2.24. The van der Waals surface area contributed by atoms with E-state index < -0.39 is 0 Å². The molecule has 5 rings (SSSR count). The first kappa shape index (κ1) is 24.9. The molecule has 0 aliphatic carbocycles. The number of rotatable bonds is 7. The molecule has 0 atom stereocenters. The normalized spacial score (nSPS) is 12.4.